The van der Waals surface area contributed by atoms with Crippen molar-refractivity contribution in [1.29, 1.82) is 0 Å². The number of halogens is 3. The van der Waals surface area contributed by atoms with Crippen LogP contribution in [0.15, 0.2) is 72.3 Å². The van der Waals surface area contributed by atoms with Gasteiger partial charge in [-0.2, -0.15) is 13.2 Å². The second kappa shape index (κ2) is 6.76. The lowest BCUT2D eigenvalue weighted by atomic mass is 9.91. The van der Waals surface area contributed by atoms with E-state index >= 15 is 0 Å². The van der Waals surface area contributed by atoms with Gasteiger partial charge in [-0.1, -0.05) is 42.5 Å². The van der Waals surface area contributed by atoms with Gasteiger partial charge in [-0.25, -0.2) is 0 Å². The molecule has 5 rings (SSSR count). The van der Waals surface area contributed by atoms with Crippen LogP contribution in [0.4, 0.5) is 24.5 Å². The number of fused-ring (bicyclic) bond motifs is 2. The van der Waals surface area contributed by atoms with Crippen LogP contribution in [0, 0.1) is 0 Å². The summed E-state index contributed by atoms with van der Waals surface area (Å²) in [7, 11) is 0. The van der Waals surface area contributed by atoms with Crippen LogP contribution in [0.5, 0.6) is 5.75 Å². The van der Waals surface area contributed by atoms with Gasteiger partial charge in [0, 0.05) is 16.7 Å². The molecule has 2 aliphatic heterocycles. The molecule has 0 bridgehead atoms. The molecule has 0 spiro atoms. The van der Waals surface area contributed by atoms with Gasteiger partial charge < -0.3 is 9.64 Å². The number of alkyl halides is 3. The largest absolute Gasteiger partial charge is 0.487 e. The van der Waals surface area contributed by atoms with Crippen molar-refractivity contribution in [2.45, 2.75) is 12.8 Å². The van der Waals surface area contributed by atoms with E-state index in [1.165, 1.54) is 6.07 Å². The first-order chi connectivity index (χ1) is 14.4. The molecule has 0 N–H and O–H groups in total. The maximum atomic E-state index is 13.4. The van der Waals surface area contributed by atoms with Crippen molar-refractivity contribution in [2.24, 2.45) is 0 Å². The molecule has 3 nitrogen and oxygen atoms in total. The Hall–Kier alpha value is -3.54. The highest BCUT2D eigenvalue weighted by molar-refractivity contribution is 6.18. The number of carbonyl (C=O) groups excluding carboxylic acids is 1. The number of ether oxygens (including phenoxy) is 1. The zero-order chi connectivity index (χ0) is 20.9. The van der Waals surface area contributed by atoms with Crippen LogP contribution < -0.4 is 9.64 Å². The first kappa shape index (κ1) is 18.5. The number of carbonyl (C=O) groups is 1. The van der Waals surface area contributed by atoms with Gasteiger partial charge in [0.15, 0.2) is 5.78 Å². The van der Waals surface area contributed by atoms with Gasteiger partial charge >= 0.3 is 6.18 Å². The van der Waals surface area contributed by atoms with Crippen molar-refractivity contribution >= 4 is 23.2 Å². The highest BCUT2D eigenvalue weighted by atomic mass is 19.4. The van der Waals surface area contributed by atoms with Crippen LogP contribution in [-0.4, -0.2) is 12.3 Å². The average Bonchev–Trinajstić information content (AvgIpc) is 2.89. The third kappa shape index (κ3) is 3.05. The lowest BCUT2D eigenvalue weighted by molar-refractivity contribution is -0.137. The molecule has 0 saturated heterocycles. The molecule has 0 aliphatic carbocycles. The second-order valence-electron chi connectivity index (χ2n) is 7.28. The van der Waals surface area contributed by atoms with Gasteiger partial charge in [0.05, 0.1) is 23.5 Å². The van der Waals surface area contributed by atoms with Crippen molar-refractivity contribution in [3.63, 3.8) is 0 Å². The van der Waals surface area contributed by atoms with Crippen molar-refractivity contribution in [3.8, 4) is 5.75 Å². The van der Waals surface area contributed by atoms with Crippen LogP contribution in [0.3, 0.4) is 0 Å². The van der Waals surface area contributed by atoms with Crippen molar-refractivity contribution in [2.75, 3.05) is 11.4 Å². The molecule has 2 aliphatic rings. The van der Waals surface area contributed by atoms with E-state index in [2.05, 4.69) is 0 Å². The lowest BCUT2D eigenvalue weighted by Gasteiger charge is -2.33. The van der Waals surface area contributed by atoms with Gasteiger partial charge in [-0.3, -0.25) is 4.79 Å². The number of hydrogen-bond donors (Lipinski definition) is 0. The van der Waals surface area contributed by atoms with Crippen LogP contribution in [0.25, 0.3) is 6.08 Å². The van der Waals surface area contributed by atoms with Gasteiger partial charge in [0.1, 0.15) is 12.4 Å². The molecule has 0 saturated carbocycles. The number of benzene rings is 3. The van der Waals surface area contributed by atoms with Crippen LogP contribution in [-0.2, 0) is 12.8 Å². The van der Waals surface area contributed by atoms with Crippen molar-refractivity contribution in [3.05, 3.63) is 94.6 Å². The molecule has 2 heterocycles. The minimum atomic E-state index is -4.47. The van der Waals surface area contributed by atoms with Crippen LogP contribution >= 0.6 is 0 Å². The van der Waals surface area contributed by atoms with Gasteiger partial charge in [0.2, 0.25) is 0 Å². The highest BCUT2D eigenvalue weighted by Crippen LogP contribution is 2.46. The number of hydrogen-bond acceptors (Lipinski definition) is 3. The fourth-order valence-electron chi connectivity index (χ4n) is 3.95. The molecule has 0 unspecified atom stereocenters. The Kier molecular flexibility index (Phi) is 4.17. The van der Waals surface area contributed by atoms with E-state index in [1.807, 2.05) is 36.4 Å². The molecule has 150 valence electrons. The van der Waals surface area contributed by atoms with E-state index < -0.39 is 11.7 Å². The lowest BCUT2D eigenvalue weighted by Crippen LogP contribution is -2.31. The Morgan fingerprint density at radius 1 is 0.967 bits per heavy atom. The molecule has 0 amide bonds. The standard InChI is InChI=1S/C24H16F3NO2/c25-24(26,27)18-9-10-21-20(12-18)28-13-17(11-15-5-2-1-3-6-15)23(29)19-8-4-7-16(14-30-21)22(19)28/h1-12H,13-14H2/b17-11+. The fraction of sp³-hybridized carbons (Fsp3) is 0.125. The SMILES string of the molecule is O=C1/C(=C/c2ccccc2)CN2c3cc(C(F)(F)F)ccc3OCc3cccc1c32. The zero-order valence-electron chi connectivity index (χ0n) is 15.7. The third-order valence-electron chi connectivity index (χ3n) is 5.35. The first-order valence-electron chi connectivity index (χ1n) is 9.45. The van der Waals surface area contributed by atoms with Gasteiger partial charge in [-0.15, -0.1) is 0 Å². The number of para-hydroxylation sites is 1. The minimum Gasteiger partial charge on any atom is -0.487 e. The third-order valence-corrected chi connectivity index (χ3v) is 5.35. The van der Waals surface area contributed by atoms with Crippen molar-refractivity contribution < 1.29 is 22.7 Å². The summed E-state index contributed by atoms with van der Waals surface area (Å²) in [6.45, 7) is 0.346. The average molecular weight is 407 g/mol. The normalized spacial score (nSPS) is 16.6. The predicted octanol–water partition coefficient (Wildman–Crippen LogP) is 6.02. The Labute approximate surface area is 171 Å². The fourth-order valence-corrected chi connectivity index (χ4v) is 3.95. The molecular formula is C24H16F3NO2. The quantitative estimate of drug-likeness (QED) is 0.462. The monoisotopic (exact) mass is 407 g/mol. The number of nitrogens with zero attached hydrogens (tertiary/aromatic N) is 1. The van der Waals surface area contributed by atoms with E-state index in [1.54, 1.807) is 23.1 Å². The molecule has 30 heavy (non-hydrogen) atoms. The Morgan fingerprint density at radius 2 is 1.77 bits per heavy atom. The summed E-state index contributed by atoms with van der Waals surface area (Å²) in [4.78, 5) is 15.0. The summed E-state index contributed by atoms with van der Waals surface area (Å²) in [5, 5.41) is 0. The van der Waals surface area contributed by atoms with E-state index in [0.717, 1.165) is 23.3 Å². The number of rotatable bonds is 1. The number of anilines is 2. The molecule has 0 fully saturated rings. The molecule has 0 aromatic heterocycles. The summed E-state index contributed by atoms with van der Waals surface area (Å²) in [5.41, 5.74) is 2.77. The topological polar surface area (TPSA) is 29.5 Å². The molecule has 3 aromatic rings. The summed E-state index contributed by atoms with van der Waals surface area (Å²) >= 11 is 0. The summed E-state index contributed by atoms with van der Waals surface area (Å²) < 4.78 is 45.9. The summed E-state index contributed by atoms with van der Waals surface area (Å²) in [6.07, 6.45) is -2.69. The second-order valence-corrected chi connectivity index (χ2v) is 7.28. The van der Waals surface area contributed by atoms with E-state index in [-0.39, 0.29) is 18.9 Å². The molecule has 6 heteroatoms. The predicted molar refractivity (Wildman–Crippen MR) is 108 cm³/mol. The molecule has 0 atom stereocenters. The Bertz CT molecular complexity index is 1180. The maximum Gasteiger partial charge on any atom is 0.416 e. The van der Waals surface area contributed by atoms with E-state index in [9.17, 15) is 18.0 Å². The van der Waals surface area contributed by atoms with Gasteiger partial charge in [-0.05, 0) is 35.9 Å². The maximum absolute atomic E-state index is 13.4. The molecule has 0 radical (unpaired) electrons. The van der Waals surface area contributed by atoms with E-state index in [0.29, 0.717) is 28.3 Å². The van der Waals surface area contributed by atoms with Crippen LogP contribution in [0.1, 0.15) is 27.0 Å². The number of ketones is 1. The van der Waals surface area contributed by atoms with E-state index in [4.69, 9.17) is 4.74 Å². The molecular weight excluding hydrogens is 391 g/mol. The first-order valence-corrected chi connectivity index (χ1v) is 9.45. The zero-order valence-corrected chi connectivity index (χ0v) is 15.7. The Balaban J connectivity index is 1.71. The molecule has 3 aromatic carbocycles. The van der Waals surface area contributed by atoms with Crippen molar-refractivity contribution in [1.82, 2.24) is 0 Å². The summed E-state index contributed by atoms with van der Waals surface area (Å²) in [6, 6.07) is 18.2. The summed E-state index contributed by atoms with van der Waals surface area (Å²) in [5.74, 6) is 0.237. The number of Topliss-reactive ketones (excluding diaryl/α,β-unsaturated/α-hetero) is 1. The Morgan fingerprint density at radius 3 is 2.53 bits per heavy atom. The smallest absolute Gasteiger partial charge is 0.416 e. The van der Waals surface area contributed by atoms with Crippen LogP contribution in [0.2, 0.25) is 0 Å². The highest BCUT2D eigenvalue weighted by Gasteiger charge is 2.36. The van der Waals surface area contributed by atoms with Gasteiger partial charge in [0.25, 0.3) is 0 Å². The minimum absolute atomic E-state index is 0.123.